The zero-order chi connectivity index (χ0) is 16.2. The normalized spacial score (nSPS) is 17.5. The monoisotopic (exact) mass is 308 g/mol. The van der Waals surface area contributed by atoms with Crippen LogP contribution < -0.4 is 0 Å². The maximum Gasteiger partial charge on any atom is 0.270 e. The highest BCUT2D eigenvalue weighted by Crippen LogP contribution is 2.21. The number of rotatable bonds is 3. The van der Waals surface area contributed by atoms with Crippen LogP contribution >= 0.6 is 0 Å². The Labute approximate surface area is 133 Å². The van der Waals surface area contributed by atoms with E-state index in [-0.39, 0.29) is 17.6 Å². The van der Waals surface area contributed by atoms with E-state index in [1.807, 2.05) is 6.07 Å². The number of likely N-dealkylation sites (tertiary alicyclic amines) is 1. The highest BCUT2D eigenvalue weighted by Gasteiger charge is 2.30. The van der Waals surface area contributed by atoms with Gasteiger partial charge in [0.1, 0.15) is 17.5 Å². The maximum absolute atomic E-state index is 12.5. The number of H-pyrrole nitrogens is 1. The second-order valence-corrected chi connectivity index (χ2v) is 5.58. The van der Waals surface area contributed by atoms with Gasteiger partial charge in [-0.25, -0.2) is 0 Å². The Bertz CT molecular complexity index is 760. The summed E-state index contributed by atoms with van der Waals surface area (Å²) in [5.41, 5.74) is 1.25. The fourth-order valence-corrected chi connectivity index (χ4v) is 2.85. The molecule has 1 unspecified atom stereocenters. The minimum absolute atomic E-state index is 0.0210. The summed E-state index contributed by atoms with van der Waals surface area (Å²) in [6.07, 6.45) is 4.64. The van der Waals surface area contributed by atoms with E-state index in [9.17, 15) is 9.59 Å². The van der Waals surface area contributed by atoms with E-state index in [0.29, 0.717) is 30.0 Å². The van der Waals surface area contributed by atoms with Crippen molar-refractivity contribution in [1.82, 2.24) is 14.9 Å². The summed E-state index contributed by atoms with van der Waals surface area (Å²) < 4.78 is 0. The fourth-order valence-electron chi connectivity index (χ4n) is 2.85. The first kappa shape index (κ1) is 15.0. The van der Waals surface area contributed by atoms with Crippen LogP contribution in [0.15, 0.2) is 36.7 Å². The number of hydrogen-bond acceptors (Lipinski definition) is 4. The summed E-state index contributed by atoms with van der Waals surface area (Å²) in [6, 6.07) is 8.78. The number of piperidine rings is 1. The number of hydrogen-bond donors (Lipinski definition) is 1. The molecule has 0 bridgehead atoms. The number of nitrogens with zero attached hydrogens (tertiary/aromatic N) is 3. The van der Waals surface area contributed by atoms with Crippen molar-refractivity contribution in [2.45, 2.75) is 12.8 Å². The molecule has 6 nitrogen and oxygen atoms in total. The smallest absolute Gasteiger partial charge is 0.270 e. The molecule has 1 aliphatic heterocycles. The van der Waals surface area contributed by atoms with Crippen LogP contribution in [0, 0.1) is 17.2 Å². The van der Waals surface area contributed by atoms with Crippen molar-refractivity contribution < 1.29 is 9.59 Å². The predicted octanol–water partition coefficient (Wildman–Crippen LogP) is 2.02. The van der Waals surface area contributed by atoms with Crippen molar-refractivity contribution in [3.8, 4) is 6.07 Å². The first-order valence-electron chi connectivity index (χ1n) is 7.52. The molecule has 0 saturated carbocycles. The van der Waals surface area contributed by atoms with Crippen molar-refractivity contribution >= 4 is 11.7 Å². The fraction of sp³-hybridized carbons (Fsp3) is 0.294. The van der Waals surface area contributed by atoms with E-state index in [2.05, 4.69) is 9.97 Å². The van der Waals surface area contributed by atoms with Crippen LogP contribution in [0.5, 0.6) is 0 Å². The lowest BCUT2D eigenvalue weighted by Crippen LogP contribution is -2.42. The Morgan fingerprint density at radius 1 is 1.39 bits per heavy atom. The average Bonchev–Trinajstić information content (AvgIpc) is 3.10. The van der Waals surface area contributed by atoms with Crippen LogP contribution in [0.3, 0.4) is 0 Å². The minimum Gasteiger partial charge on any atom is -0.356 e. The molecule has 3 rings (SSSR count). The van der Waals surface area contributed by atoms with Gasteiger partial charge in [-0.3, -0.25) is 14.6 Å². The van der Waals surface area contributed by atoms with Crippen LogP contribution in [0.2, 0.25) is 0 Å². The number of carbonyl (C=O) groups excluding carboxylic acids is 2. The van der Waals surface area contributed by atoms with Gasteiger partial charge >= 0.3 is 0 Å². The van der Waals surface area contributed by atoms with Gasteiger partial charge in [0.15, 0.2) is 5.78 Å². The van der Waals surface area contributed by atoms with Crippen LogP contribution in [-0.2, 0) is 0 Å². The van der Waals surface area contributed by atoms with E-state index in [1.54, 1.807) is 29.3 Å². The predicted molar refractivity (Wildman–Crippen MR) is 82.7 cm³/mol. The molecule has 116 valence electrons. The highest BCUT2D eigenvalue weighted by molar-refractivity contribution is 5.97. The Balaban J connectivity index is 1.72. The van der Waals surface area contributed by atoms with Crippen LogP contribution in [0.1, 0.15) is 39.4 Å². The Hall–Kier alpha value is -2.94. The Morgan fingerprint density at radius 2 is 2.26 bits per heavy atom. The van der Waals surface area contributed by atoms with Crippen molar-refractivity contribution in [3.63, 3.8) is 0 Å². The number of pyridine rings is 1. The van der Waals surface area contributed by atoms with E-state index in [0.717, 1.165) is 12.8 Å². The van der Waals surface area contributed by atoms with Crippen LogP contribution in [0.25, 0.3) is 0 Å². The number of amides is 1. The second kappa shape index (κ2) is 6.44. The van der Waals surface area contributed by atoms with Gasteiger partial charge < -0.3 is 9.88 Å². The molecule has 2 aromatic heterocycles. The molecule has 0 aliphatic carbocycles. The number of carbonyl (C=O) groups is 2. The maximum atomic E-state index is 12.5. The molecule has 1 atom stereocenters. The molecule has 1 aliphatic rings. The third-order valence-corrected chi connectivity index (χ3v) is 4.04. The molecule has 1 N–H and O–H groups in total. The van der Waals surface area contributed by atoms with E-state index in [4.69, 9.17) is 5.26 Å². The second-order valence-electron chi connectivity index (χ2n) is 5.58. The quantitative estimate of drug-likeness (QED) is 0.878. The SMILES string of the molecule is N#Cc1c[nH]c(C(=O)N2CCCC(C(=O)c3ccccn3)C2)c1. The topological polar surface area (TPSA) is 89.9 Å². The minimum atomic E-state index is -0.229. The average molecular weight is 308 g/mol. The van der Waals surface area contributed by atoms with E-state index in [1.165, 1.54) is 12.3 Å². The number of Topliss-reactive ketones (excluding diaryl/α,β-unsaturated/α-hetero) is 1. The molecule has 0 radical (unpaired) electrons. The lowest BCUT2D eigenvalue weighted by atomic mass is 9.91. The van der Waals surface area contributed by atoms with Gasteiger partial charge in [0.25, 0.3) is 5.91 Å². The molecular formula is C17H16N4O2. The first-order chi connectivity index (χ1) is 11.2. The molecule has 0 aromatic carbocycles. The number of aromatic amines is 1. The van der Waals surface area contributed by atoms with Crippen LogP contribution in [0.4, 0.5) is 0 Å². The van der Waals surface area contributed by atoms with Crippen molar-refractivity contribution in [3.05, 3.63) is 53.6 Å². The molecule has 23 heavy (non-hydrogen) atoms. The van der Waals surface area contributed by atoms with Gasteiger partial charge in [-0.15, -0.1) is 0 Å². The summed E-state index contributed by atoms with van der Waals surface area (Å²) in [6.45, 7) is 1.00. The third kappa shape index (κ3) is 3.14. The van der Waals surface area contributed by atoms with Crippen molar-refractivity contribution in [2.75, 3.05) is 13.1 Å². The summed E-state index contributed by atoms with van der Waals surface area (Å²) in [5, 5.41) is 8.84. The highest BCUT2D eigenvalue weighted by atomic mass is 16.2. The van der Waals surface area contributed by atoms with Gasteiger partial charge in [-0.2, -0.15) is 5.26 Å². The van der Waals surface area contributed by atoms with Crippen molar-refractivity contribution in [1.29, 1.82) is 5.26 Å². The van der Waals surface area contributed by atoms with E-state index >= 15 is 0 Å². The first-order valence-corrected chi connectivity index (χ1v) is 7.52. The van der Waals surface area contributed by atoms with Gasteiger partial charge in [0, 0.05) is 31.4 Å². The molecule has 1 saturated heterocycles. The number of nitriles is 1. The van der Waals surface area contributed by atoms with Crippen LogP contribution in [-0.4, -0.2) is 39.6 Å². The zero-order valence-electron chi connectivity index (χ0n) is 12.5. The standard InChI is InChI=1S/C17H16N4O2/c18-9-12-8-15(20-10-12)17(23)21-7-3-4-13(11-21)16(22)14-5-1-2-6-19-14/h1-2,5-6,8,10,13,20H,3-4,7,11H2. The number of ketones is 1. The van der Waals surface area contributed by atoms with Gasteiger partial charge in [-0.1, -0.05) is 6.07 Å². The summed E-state index contributed by atoms with van der Waals surface area (Å²) in [4.78, 5) is 33.6. The summed E-state index contributed by atoms with van der Waals surface area (Å²) in [7, 11) is 0. The molecule has 3 heterocycles. The Kier molecular flexibility index (Phi) is 4.20. The lowest BCUT2D eigenvalue weighted by molar-refractivity contribution is 0.0631. The number of nitrogens with one attached hydrogen (secondary N) is 1. The molecule has 1 fully saturated rings. The molecular weight excluding hydrogens is 292 g/mol. The van der Waals surface area contributed by atoms with E-state index < -0.39 is 0 Å². The lowest BCUT2D eigenvalue weighted by Gasteiger charge is -2.31. The molecule has 1 amide bonds. The molecule has 6 heteroatoms. The van der Waals surface area contributed by atoms with Gasteiger partial charge in [-0.05, 0) is 31.0 Å². The molecule has 2 aromatic rings. The number of aromatic nitrogens is 2. The summed E-state index contributed by atoms with van der Waals surface area (Å²) >= 11 is 0. The Morgan fingerprint density at radius 3 is 2.96 bits per heavy atom. The van der Waals surface area contributed by atoms with Gasteiger partial charge in [0.05, 0.1) is 5.56 Å². The summed E-state index contributed by atoms with van der Waals surface area (Å²) in [5.74, 6) is -0.426. The van der Waals surface area contributed by atoms with Gasteiger partial charge in [0.2, 0.25) is 0 Å². The molecule has 0 spiro atoms. The largest absolute Gasteiger partial charge is 0.356 e. The third-order valence-electron chi connectivity index (χ3n) is 4.04. The zero-order valence-corrected chi connectivity index (χ0v) is 12.5. The van der Waals surface area contributed by atoms with Crippen molar-refractivity contribution in [2.24, 2.45) is 5.92 Å².